The SMILES string of the molecule is CCC[C@H](C[C@@H](C[C@H](C)C[C@@H]1C[C@H](OCOCc2ccccc2)C[C@H](CCO[Si](C(C)C)(C(C)C)C(C)C)O1)OC)OCc1ccc(OC)cc1. The highest BCUT2D eigenvalue weighted by atomic mass is 28.4. The van der Waals surface area contributed by atoms with E-state index in [0.29, 0.717) is 35.8 Å². The zero-order valence-corrected chi connectivity index (χ0v) is 34.7. The second-order valence-corrected chi connectivity index (χ2v) is 21.2. The standard InChI is InChI=1S/C43H72O7Si/c1-11-15-39(47-30-37-18-20-38(44-9)21-19-37)26-41(45-10)24-35(8)25-43-28-42(48-31-46-29-36-16-13-12-14-17-36)27-40(50-43)22-23-49-51(32(2)3,33(4)5)34(6)7/h12-14,16-21,32-35,39-43H,11,15,22-31H2,1-10H3/t35-,39+,40-,41+,42+,43+/m0/s1. The summed E-state index contributed by atoms with van der Waals surface area (Å²) in [6.07, 6.45) is 8.13. The molecule has 1 heterocycles. The van der Waals surface area contributed by atoms with Crippen molar-refractivity contribution >= 4 is 8.32 Å². The van der Waals surface area contributed by atoms with Crippen molar-refractivity contribution in [2.75, 3.05) is 27.6 Å². The van der Waals surface area contributed by atoms with Crippen molar-refractivity contribution in [2.45, 2.75) is 167 Å². The molecule has 0 aromatic heterocycles. The van der Waals surface area contributed by atoms with Crippen molar-refractivity contribution in [2.24, 2.45) is 5.92 Å². The van der Waals surface area contributed by atoms with E-state index in [1.807, 2.05) is 37.4 Å². The molecule has 0 bridgehead atoms. The van der Waals surface area contributed by atoms with Crippen LogP contribution < -0.4 is 4.74 Å². The lowest BCUT2D eigenvalue weighted by atomic mass is 9.89. The molecule has 1 saturated heterocycles. The van der Waals surface area contributed by atoms with Gasteiger partial charge in [-0.15, -0.1) is 0 Å². The number of hydrogen-bond donors (Lipinski definition) is 0. The van der Waals surface area contributed by atoms with Gasteiger partial charge in [-0.25, -0.2) is 0 Å². The van der Waals surface area contributed by atoms with E-state index in [1.165, 1.54) is 0 Å². The summed E-state index contributed by atoms with van der Waals surface area (Å²) in [6.45, 7) is 20.8. The summed E-state index contributed by atoms with van der Waals surface area (Å²) < 4.78 is 43.9. The maximum absolute atomic E-state index is 6.96. The summed E-state index contributed by atoms with van der Waals surface area (Å²) in [5.41, 5.74) is 4.00. The third kappa shape index (κ3) is 14.5. The third-order valence-corrected chi connectivity index (χ3v) is 17.0. The highest BCUT2D eigenvalue weighted by Gasteiger charge is 2.45. The first-order valence-electron chi connectivity index (χ1n) is 19.8. The van der Waals surface area contributed by atoms with Gasteiger partial charge in [0.25, 0.3) is 0 Å². The molecule has 8 heteroatoms. The molecule has 2 aromatic rings. The number of benzene rings is 2. The Morgan fingerprint density at radius 3 is 2.02 bits per heavy atom. The Morgan fingerprint density at radius 1 is 0.765 bits per heavy atom. The Labute approximate surface area is 312 Å². The van der Waals surface area contributed by atoms with Gasteiger partial charge < -0.3 is 32.8 Å². The molecule has 0 radical (unpaired) electrons. The Hall–Kier alpha value is -1.78. The minimum atomic E-state index is -1.94. The second kappa shape index (κ2) is 23.1. The monoisotopic (exact) mass is 729 g/mol. The summed E-state index contributed by atoms with van der Waals surface area (Å²) in [5.74, 6) is 1.29. The number of hydrogen-bond acceptors (Lipinski definition) is 7. The molecule has 3 rings (SSSR count). The minimum Gasteiger partial charge on any atom is -0.497 e. The van der Waals surface area contributed by atoms with Crippen LogP contribution in [-0.2, 0) is 41.3 Å². The molecular formula is C43H72O7Si. The molecule has 6 atom stereocenters. The molecule has 0 spiro atoms. The van der Waals surface area contributed by atoms with Gasteiger partial charge in [0, 0.05) is 20.1 Å². The van der Waals surface area contributed by atoms with E-state index in [-0.39, 0.29) is 37.3 Å². The van der Waals surface area contributed by atoms with E-state index >= 15 is 0 Å². The molecule has 7 nitrogen and oxygen atoms in total. The molecule has 1 fully saturated rings. The molecule has 1 aliphatic rings. The van der Waals surface area contributed by atoms with E-state index in [9.17, 15) is 0 Å². The molecule has 1 aliphatic heterocycles. The Morgan fingerprint density at radius 2 is 1.41 bits per heavy atom. The van der Waals surface area contributed by atoms with Crippen molar-refractivity contribution in [1.29, 1.82) is 0 Å². The quantitative estimate of drug-likeness (QED) is 0.0573. The largest absolute Gasteiger partial charge is 0.497 e. The maximum atomic E-state index is 6.96. The van der Waals surface area contributed by atoms with Crippen LogP contribution in [0.4, 0.5) is 0 Å². The highest BCUT2D eigenvalue weighted by molar-refractivity contribution is 6.77. The molecule has 2 aromatic carbocycles. The molecule has 0 unspecified atom stereocenters. The van der Waals surface area contributed by atoms with E-state index in [2.05, 4.69) is 79.7 Å². The summed E-state index contributed by atoms with van der Waals surface area (Å²) in [5, 5.41) is 0. The van der Waals surface area contributed by atoms with Crippen LogP contribution in [0.15, 0.2) is 54.6 Å². The van der Waals surface area contributed by atoms with Crippen LogP contribution >= 0.6 is 0 Å². The summed E-state index contributed by atoms with van der Waals surface area (Å²) in [4.78, 5) is 0. The summed E-state index contributed by atoms with van der Waals surface area (Å²) in [7, 11) is 1.59. The lowest BCUT2D eigenvalue weighted by Gasteiger charge is -2.43. The Balaban J connectivity index is 1.59. The molecule has 0 saturated carbocycles. The lowest BCUT2D eigenvalue weighted by molar-refractivity contribution is -0.162. The first kappa shape index (κ1) is 43.6. The second-order valence-electron chi connectivity index (χ2n) is 15.8. The fourth-order valence-corrected chi connectivity index (χ4v) is 13.9. The molecule has 0 amide bonds. The van der Waals surface area contributed by atoms with Crippen molar-refractivity contribution in [3.05, 3.63) is 65.7 Å². The molecule has 290 valence electrons. The molecule has 51 heavy (non-hydrogen) atoms. The fraction of sp³-hybridized carbons (Fsp3) is 0.721. The van der Waals surface area contributed by atoms with E-state index in [0.717, 1.165) is 74.8 Å². The zero-order valence-electron chi connectivity index (χ0n) is 33.7. The zero-order chi connectivity index (χ0) is 37.2. The van der Waals surface area contributed by atoms with Gasteiger partial charge in [-0.3, -0.25) is 0 Å². The van der Waals surface area contributed by atoms with Crippen LogP contribution in [0.5, 0.6) is 5.75 Å². The predicted octanol–water partition coefficient (Wildman–Crippen LogP) is 10.9. The van der Waals surface area contributed by atoms with Gasteiger partial charge in [0.1, 0.15) is 12.5 Å². The van der Waals surface area contributed by atoms with Gasteiger partial charge in [-0.1, -0.05) is 104 Å². The van der Waals surface area contributed by atoms with Crippen molar-refractivity contribution < 1.29 is 32.8 Å². The van der Waals surface area contributed by atoms with E-state index < -0.39 is 8.32 Å². The highest BCUT2D eigenvalue weighted by Crippen LogP contribution is 2.42. The summed E-state index contributed by atoms with van der Waals surface area (Å²) >= 11 is 0. The average molecular weight is 729 g/mol. The van der Waals surface area contributed by atoms with Crippen molar-refractivity contribution in [3.8, 4) is 5.75 Å². The van der Waals surface area contributed by atoms with Crippen molar-refractivity contribution in [3.63, 3.8) is 0 Å². The van der Waals surface area contributed by atoms with Crippen LogP contribution in [0, 0.1) is 5.92 Å². The molecule has 0 aliphatic carbocycles. The van der Waals surface area contributed by atoms with Gasteiger partial charge in [0.15, 0.2) is 8.32 Å². The van der Waals surface area contributed by atoms with Gasteiger partial charge in [-0.2, -0.15) is 0 Å². The van der Waals surface area contributed by atoms with Crippen molar-refractivity contribution in [1.82, 2.24) is 0 Å². The van der Waals surface area contributed by atoms with Crippen LogP contribution in [0.2, 0.25) is 16.6 Å². The van der Waals surface area contributed by atoms with Crippen LogP contribution in [0.25, 0.3) is 0 Å². The lowest BCUT2D eigenvalue weighted by Crippen LogP contribution is -2.48. The van der Waals surface area contributed by atoms with Gasteiger partial charge >= 0.3 is 0 Å². The topological polar surface area (TPSA) is 64.6 Å². The predicted molar refractivity (Wildman–Crippen MR) is 211 cm³/mol. The average Bonchev–Trinajstić information content (AvgIpc) is 3.10. The summed E-state index contributed by atoms with van der Waals surface area (Å²) in [6, 6.07) is 18.4. The third-order valence-electron chi connectivity index (χ3n) is 10.9. The van der Waals surface area contributed by atoms with E-state index in [1.54, 1.807) is 7.11 Å². The van der Waals surface area contributed by atoms with Gasteiger partial charge in [0.05, 0.1) is 50.8 Å². The number of methoxy groups -OCH3 is 2. The fourth-order valence-electron chi connectivity index (χ4n) is 8.39. The Bertz CT molecular complexity index is 1150. The smallest absolute Gasteiger partial charge is 0.200 e. The van der Waals surface area contributed by atoms with Gasteiger partial charge in [-0.05, 0) is 84.3 Å². The first-order valence-corrected chi connectivity index (χ1v) is 21.9. The van der Waals surface area contributed by atoms with E-state index in [4.69, 9.17) is 32.8 Å². The maximum Gasteiger partial charge on any atom is 0.200 e. The van der Waals surface area contributed by atoms with Crippen LogP contribution in [0.1, 0.15) is 118 Å². The van der Waals surface area contributed by atoms with Crippen LogP contribution in [0.3, 0.4) is 0 Å². The minimum absolute atomic E-state index is 0.0949. The number of ether oxygens (including phenoxy) is 6. The first-order chi connectivity index (χ1) is 24.5. The van der Waals surface area contributed by atoms with Crippen LogP contribution in [-0.4, -0.2) is 66.5 Å². The Kier molecular flexibility index (Phi) is 19.8. The molecule has 0 N–H and O–H groups in total. The number of rotatable bonds is 25. The molecular weight excluding hydrogens is 657 g/mol. The normalized spacial score (nSPS) is 20.2. The van der Waals surface area contributed by atoms with Gasteiger partial charge in [0.2, 0.25) is 0 Å².